The molecule has 274 valence electrons. The molecule has 0 atom stereocenters. The molecule has 0 N–H and O–H groups in total. The fraction of sp³-hybridized carbons (Fsp3) is 0. The van der Waals surface area contributed by atoms with E-state index in [1.54, 1.807) is 6.20 Å². The number of rotatable bonds is 7. The molecule has 59 heavy (non-hydrogen) atoms. The van der Waals surface area contributed by atoms with Gasteiger partial charge < -0.3 is 4.57 Å². The summed E-state index contributed by atoms with van der Waals surface area (Å²) in [5.41, 5.74) is 12.5. The van der Waals surface area contributed by atoms with E-state index in [0.29, 0.717) is 28.6 Å². The lowest BCUT2D eigenvalue weighted by Crippen LogP contribution is -2.04. The first-order valence-electron chi connectivity index (χ1n) is 19.1. The van der Waals surface area contributed by atoms with Crippen LogP contribution in [0.15, 0.2) is 188 Å². The monoisotopic (exact) mass is 753 g/mol. The molecule has 0 aliphatic carbocycles. The Morgan fingerprint density at radius 1 is 0.390 bits per heavy atom. The Labute approximate surface area is 340 Å². The van der Waals surface area contributed by atoms with Crippen molar-refractivity contribution in [2.24, 2.45) is 0 Å². The van der Waals surface area contributed by atoms with E-state index in [4.69, 9.17) is 15.0 Å². The summed E-state index contributed by atoms with van der Waals surface area (Å²) in [6.45, 7) is 0. The van der Waals surface area contributed by atoms with Crippen molar-refractivity contribution >= 4 is 21.8 Å². The molecule has 0 aliphatic rings. The molecule has 0 spiro atoms. The molecule has 0 saturated carbocycles. The summed E-state index contributed by atoms with van der Waals surface area (Å²) in [7, 11) is 0. The first-order chi connectivity index (χ1) is 29.1. The van der Waals surface area contributed by atoms with E-state index >= 15 is 0 Å². The summed E-state index contributed by atoms with van der Waals surface area (Å²) in [5.74, 6) is 1.68. The van der Waals surface area contributed by atoms with Gasteiger partial charge in [0.15, 0.2) is 17.5 Å². The average Bonchev–Trinajstić information content (AvgIpc) is 3.65. The number of hydrogen-bond donors (Lipinski definition) is 0. The van der Waals surface area contributed by atoms with Crippen molar-refractivity contribution in [2.75, 3.05) is 0 Å². The summed E-state index contributed by atoms with van der Waals surface area (Å²) in [4.78, 5) is 19.8. The normalized spacial score (nSPS) is 11.0. The van der Waals surface area contributed by atoms with Crippen molar-refractivity contribution in [2.45, 2.75) is 0 Å². The van der Waals surface area contributed by atoms with Crippen molar-refractivity contribution in [3.05, 3.63) is 199 Å². The van der Waals surface area contributed by atoms with Crippen LogP contribution in [-0.4, -0.2) is 24.5 Å². The lowest BCUT2D eigenvalue weighted by Gasteiger charge is -2.16. The Hall–Kier alpha value is -8.52. The van der Waals surface area contributed by atoms with E-state index in [9.17, 15) is 10.5 Å². The lowest BCUT2D eigenvalue weighted by atomic mass is 9.99. The first-order valence-corrected chi connectivity index (χ1v) is 19.1. The summed E-state index contributed by atoms with van der Waals surface area (Å²) in [5, 5.41) is 21.5. The van der Waals surface area contributed by atoms with Gasteiger partial charge in [0.2, 0.25) is 0 Å². The Morgan fingerprint density at radius 2 is 0.864 bits per heavy atom. The van der Waals surface area contributed by atoms with Crippen molar-refractivity contribution in [1.82, 2.24) is 24.5 Å². The SMILES string of the molecule is N#Cc1cccc(-c2ccc3c(c2)c2cc(-c4cccc(C#N)c4)ccc2n3-c2ccc(-c3cccnc3)cc2-c2nc(-c3ccccc3)nc(-c3ccccc3)n2)c1. The molecule has 10 rings (SSSR count). The van der Waals surface area contributed by atoms with Crippen LogP contribution >= 0.6 is 0 Å². The minimum absolute atomic E-state index is 0.531. The van der Waals surface area contributed by atoms with Gasteiger partial charge in [-0.05, 0) is 94.5 Å². The molecule has 0 radical (unpaired) electrons. The van der Waals surface area contributed by atoms with Gasteiger partial charge in [-0.2, -0.15) is 10.5 Å². The predicted octanol–water partition coefficient (Wildman–Crippen LogP) is 12.1. The highest BCUT2D eigenvalue weighted by Gasteiger charge is 2.21. The molecule has 0 aliphatic heterocycles. The number of nitriles is 2. The maximum atomic E-state index is 9.71. The van der Waals surface area contributed by atoms with E-state index in [1.165, 1.54) is 0 Å². The van der Waals surface area contributed by atoms with Crippen LogP contribution in [0.2, 0.25) is 0 Å². The number of benzene rings is 7. The molecule has 0 unspecified atom stereocenters. The highest BCUT2D eigenvalue weighted by molar-refractivity contribution is 6.12. The summed E-state index contributed by atoms with van der Waals surface area (Å²) in [6.07, 6.45) is 3.64. The van der Waals surface area contributed by atoms with Gasteiger partial charge in [-0.3, -0.25) is 4.98 Å². The maximum absolute atomic E-state index is 9.71. The molecule has 0 bridgehead atoms. The maximum Gasteiger partial charge on any atom is 0.166 e. The van der Waals surface area contributed by atoms with Gasteiger partial charge in [-0.15, -0.1) is 0 Å². The van der Waals surface area contributed by atoms with Gasteiger partial charge in [0, 0.05) is 45.4 Å². The first kappa shape index (κ1) is 34.9. The van der Waals surface area contributed by atoms with Gasteiger partial charge >= 0.3 is 0 Å². The fourth-order valence-corrected chi connectivity index (χ4v) is 7.73. The predicted molar refractivity (Wildman–Crippen MR) is 234 cm³/mol. The van der Waals surface area contributed by atoms with Crippen molar-refractivity contribution in [3.63, 3.8) is 0 Å². The Kier molecular flexibility index (Phi) is 8.80. The zero-order valence-electron chi connectivity index (χ0n) is 31.5. The number of nitrogens with zero attached hydrogens (tertiary/aromatic N) is 7. The molecule has 3 heterocycles. The molecule has 10 aromatic rings. The van der Waals surface area contributed by atoms with Crippen molar-refractivity contribution in [1.29, 1.82) is 10.5 Å². The van der Waals surface area contributed by atoms with Gasteiger partial charge in [0.25, 0.3) is 0 Å². The van der Waals surface area contributed by atoms with Crippen LogP contribution in [0.3, 0.4) is 0 Å². The minimum atomic E-state index is 0.531. The second-order valence-corrected chi connectivity index (χ2v) is 14.2. The quantitative estimate of drug-likeness (QED) is 0.160. The molecule has 3 aromatic heterocycles. The minimum Gasteiger partial charge on any atom is -0.308 e. The number of fused-ring (bicyclic) bond motifs is 3. The highest BCUT2D eigenvalue weighted by Crippen LogP contribution is 2.41. The number of pyridine rings is 1. The molecular formula is C52H31N7. The Balaban J connectivity index is 1.27. The van der Waals surface area contributed by atoms with E-state index < -0.39 is 0 Å². The summed E-state index contributed by atoms with van der Waals surface area (Å²) >= 11 is 0. The van der Waals surface area contributed by atoms with Gasteiger partial charge in [-0.25, -0.2) is 15.0 Å². The average molecular weight is 754 g/mol. The standard InChI is InChI=1S/C52H31N7/c53-31-34-10-7-16-38(26-34)40-19-22-47-44(28-40)45-29-41(39-17-8-11-35(27-39)32-54)20-23-48(45)59(47)49-24-21-42(43-18-9-25-55-33-43)30-46(49)52-57-50(36-12-3-1-4-13-36)56-51(58-52)37-14-5-2-6-15-37/h1-30,33H. The molecule has 0 saturated heterocycles. The molecule has 0 amide bonds. The van der Waals surface area contributed by atoms with Crippen molar-refractivity contribution in [3.8, 4) is 85.4 Å². The van der Waals surface area contributed by atoms with Gasteiger partial charge in [-0.1, -0.05) is 109 Å². The van der Waals surface area contributed by atoms with Crippen LogP contribution in [0, 0.1) is 22.7 Å². The van der Waals surface area contributed by atoms with Gasteiger partial charge in [0.1, 0.15) is 0 Å². The smallest absolute Gasteiger partial charge is 0.166 e. The Bertz CT molecular complexity index is 3110. The van der Waals surface area contributed by atoms with Crippen LogP contribution < -0.4 is 0 Å². The third kappa shape index (κ3) is 6.55. The summed E-state index contributed by atoms with van der Waals surface area (Å²) < 4.78 is 2.28. The topological polar surface area (TPSA) is 104 Å². The van der Waals surface area contributed by atoms with Crippen molar-refractivity contribution < 1.29 is 0 Å². The van der Waals surface area contributed by atoms with Gasteiger partial charge in [0.05, 0.1) is 40.0 Å². The molecular weight excluding hydrogens is 723 g/mol. The molecule has 7 nitrogen and oxygen atoms in total. The second kappa shape index (κ2) is 14.9. The van der Waals surface area contributed by atoms with E-state index in [-0.39, 0.29) is 0 Å². The number of hydrogen-bond acceptors (Lipinski definition) is 6. The highest BCUT2D eigenvalue weighted by atomic mass is 15.1. The second-order valence-electron chi connectivity index (χ2n) is 14.2. The van der Waals surface area contributed by atoms with Crippen LogP contribution in [-0.2, 0) is 0 Å². The molecule has 0 fully saturated rings. The lowest BCUT2D eigenvalue weighted by molar-refractivity contribution is 1.06. The zero-order valence-corrected chi connectivity index (χ0v) is 31.5. The van der Waals surface area contributed by atoms with E-state index in [1.807, 2.05) is 121 Å². The molecule has 7 heteroatoms. The number of aromatic nitrogens is 5. The van der Waals surface area contributed by atoms with Crippen LogP contribution in [0.4, 0.5) is 0 Å². The van der Waals surface area contributed by atoms with E-state index in [0.717, 1.165) is 77.6 Å². The third-order valence-electron chi connectivity index (χ3n) is 10.6. The third-order valence-corrected chi connectivity index (χ3v) is 10.6. The van der Waals surface area contributed by atoms with Crippen LogP contribution in [0.1, 0.15) is 11.1 Å². The van der Waals surface area contributed by atoms with E-state index in [2.05, 4.69) is 82.4 Å². The fourth-order valence-electron chi connectivity index (χ4n) is 7.73. The summed E-state index contributed by atoms with van der Waals surface area (Å²) in [6, 6.07) is 63.3. The zero-order chi connectivity index (χ0) is 39.7. The Morgan fingerprint density at radius 3 is 1.39 bits per heavy atom. The van der Waals surface area contributed by atoms with Crippen LogP contribution in [0.25, 0.3) is 95.0 Å². The van der Waals surface area contributed by atoms with Crippen LogP contribution in [0.5, 0.6) is 0 Å². The largest absolute Gasteiger partial charge is 0.308 e. The molecule has 7 aromatic carbocycles.